The van der Waals surface area contributed by atoms with Gasteiger partial charge in [-0.2, -0.15) is 0 Å². The summed E-state index contributed by atoms with van der Waals surface area (Å²) in [6, 6.07) is 0. The number of aliphatic hydroxyl groups is 3. The minimum atomic E-state index is -0.648. The summed E-state index contributed by atoms with van der Waals surface area (Å²) in [5.74, 6) is 1.94. The largest absolute Gasteiger partial charge is 0.392 e. The fourth-order valence-corrected chi connectivity index (χ4v) is 6.91. The molecule has 7 atom stereocenters. The molecule has 3 nitrogen and oxygen atoms in total. The number of aliphatic hydroxyl groups excluding tert-OH is 2. The summed E-state index contributed by atoms with van der Waals surface area (Å²) in [5, 5.41) is 30.7. The first-order chi connectivity index (χ1) is 14.4. The Morgan fingerprint density at radius 1 is 1.23 bits per heavy atom. The molecular weight excluding hydrogens is 384 g/mol. The van der Waals surface area contributed by atoms with Crippen molar-refractivity contribution < 1.29 is 15.3 Å². The fraction of sp³-hybridized carbons (Fsp3) is 0.786. The van der Waals surface area contributed by atoms with Crippen molar-refractivity contribution >= 4 is 0 Å². The highest BCUT2D eigenvalue weighted by atomic mass is 16.3. The van der Waals surface area contributed by atoms with Crippen LogP contribution in [0.4, 0.5) is 0 Å². The minimum absolute atomic E-state index is 0.149. The smallest absolute Gasteiger partial charge is 0.0837 e. The van der Waals surface area contributed by atoms with Gasteiger partial charge in [0, 0.05) is 5.92 Å². The van der Waals surface area contributed by atoms with Crippen LogP contribution in [0.25, 0.3) is 0 Å². The standard InChI is InChI=1S/C28H46O3/c1-18(9-7-15-27(4,5)31)23-13-14-24-21(10-8-16-28(23,24)6)11-12-22-17-25(29)20(3)26(30)19(22)2/h11-12,18,20,23-26,29-31H,2,7-10,13-17H2,1,3-6H3/b21-11+,22-12+/t18-,20-,23?,24?,25-,26-,28?/m0/s1. The maximum absolute atomic E-state index is 10.4. The molecule has 3 fully saturated rings. The molecule has 3 saturated carbocycles. The van der Waals surface area contributed by atoms with Gasteiger partial charge in [0.05, 0.1) is 17.8 Å². The van der Waals surface area contributed by atoms with E-state index in [-0.39, 0.29) is 5.92 Å². The van der Waals surface area contributed by atoms with Gasteiger partial charge in [-0.1, -0.05) is 57.9 Å². The van der Waals surface area contributed by atoms with Gasteiger partial charge in [-0.3, -0.25) is 0 Å². The molecule has 0 bridgehead atoms. The summed E-state index contributed by atoms with van der Waals surface area (Å²) < 4.78 is 0. The van der Waals surface area contributed by atoms with E-state index >= 15 is 0 Å². The van der Waals surface area contributed by atoms with E-state index in [0.717, 1.165) is 36.3 Å². The van der Waals surface area contributed by atoms with Crippen LogP contribution in [0.5, 0.6) is 0 Å². The van der Waals surface area contributed by atoms with Gasteiger partial charge in [0.25, 0.3) is 0 Å². The molecule has 0 heterocycles. The second kappa shape index (κ2) is 9.53. The van der Waals surface area contributed by atoms with Crippen LogP contribution in [0.15, 0.2) is 35.5 Å². The lowest BCUT2D eigenvalue weighted by Gasteiger charge is -2.44. The summed E-state index contributed by atoms with van der Waals surface area (Å²) in [5.41, 5.74) is 3.15. The van der Waals surface area contributed by atoms with Crippen LogP contribution < -0.4 is 0 Å². The second-order valence-corrected chi connectivity index (χ2v) is 11.8. The maximum atomic E-state index is 10.4. The van der Waals surface area contributed by atoms with Gasteiger partial charge in [0.2, 0.25) is 0 Å². The van der Waals surface area contributed by atoms with Crippen LogP contribution in [0.2, 0.25) is 0 Å². The zero-order valence-electron chi connectivity index (χ0n) is 20.5. The summed E-state index contributed by atoms with van der Waals surface area (Å²) in [4.78, 5) is 0. The van der Waals surface area contributed by atoms with E-state index in [0.29, 0.717) is 23.7 Å². The normalized spacial score (nSPS) is 40.4. The van der Waals surface area contributed by atoms with E-state index in [9.17, 15) is 15.3 Å². The van der Waals surface area contributed by atoms with Crippen LogP contribution in [0.3, 0.4) is 0 Å². The fourth-order valence-electron chi connectivity index (χ4n) is 6.91. The first-order valence-electron chi connectivity index (χ1n) is 12.6. The number of hydrogen-bond acceptors (Lipinski definition) is 3. The van der Waals surface area contributed by atoms with Gasteiger partial charge < -0.3 is 15.3 Å². The van der Waals surface area contributed by atoms with Crippen LogP contribution in [0.1, 0.15) is 92.4 Å². The molecule has 0 aliphatic heterocycles. The van der Waals surface area contributed by atoms with Crippen molar-refractivity contribution in [3.05, 3.63) is 35.5 Å². The average molecular weight is 431 g/mol. The molecule has 0 aromatic heterocycles. The van der Waals surface area contributed by atoms with Crippen molar-refractivity contribution in [1.29, 1.82) is 0 Å². The van der Waals surface area contributed by atoms with E-state index in [1.54, 1.807) is 5.57 Å². The lowest BCUT2D eigenvalue weighted by atomic mass is 9.60. The van der Waals surface area contributed by atoms with E-state index in [1.165, 1.54) is 32.1 Å². The molecule has 0 amide bonds. The molecular formula is C28H46O3. The molecule has 176 valence electrons. The van der Waals surface area contributed by atoms with Gasteiger partial charge in [-0.15, -0.1) is 0 Å². The lowest BCUT2D eigenvalue weighted by molar-refractivity contribution is 0.0283. The first kappa shape index (κ1) is 24.7. The van der Waals surface area contributed by atoms with Crippen molar-refractivity contribution in [3.63, 3.8) is 0 Å². The quantitative estimate of drug-likeness (QED) is 0.488. The minimum Gasteiger partial charge on any atom is -0.392 e. The van der Waals surface area contributed by atoms with E-state index in [2.05, 4.69) is 32.6 Å². The molecule has 31 heavy (non-hydrogen) atoms. The molecule has 3 N–H and O–H groups in total. The number of hydrogen-bond donors (Lipinski definition) is 3. The Labute approximate surface area is 190 Å². The Balaban J connectivity index is 1.71. The molecule has 3 aliphatic carbocycles. The van der Waals surface area contributed by atoms with Crippen LogP contribution in [0, 0.1) is 29.1 Å². The van der Waals surface area contributed by atoms with Gasteiger partial charge in [-0.25, -0.2) is 0 Å². The number of fused-ring (bicyclic) bond motifs is 1. The van der Waals surface area contributed by atoms with Crippen molar-refractivity contribution in [2.24, 2.45) is 29.1 Å². The van der Waals surface area contributed by atoms with Crippen molar-refractivity contribution in [2.45, 2.75) is 110 Å². The average Bonchev–Trinajstić information content (AvgIpc) is 3.04. The van der Waals surface area contributed by atoms with E-state index < -0.39 is 17.8 Å². The monoisotopic (exact) mass is 430 g/mol. The third-order valence-corrected chi connectivity index (χ3v) is 8.97. The van der Waals surface area contributed by atoms with Gasteiger partial charge in [0.15, 0.2) is 0 Å². The number of allylic oxidation sites excluding steroid dienone is 3. The molecule has 0 aromatic rings. The lowest BCUT2D eigenvalue weighted by Crippen LogP contribution is -2.36. The SMILES string of the molecule is C=C1/C(=C/C=C2\CCCC3(C)C2CCC3[C@@H](C)CCCC(C)(C)O)C[C@H](O)[C@H](C)[C@H]1O. The summed E-state index contributed by atoms with van der Waals surface area (Å²) >= 11 is 0. The summed E-state index contributed by atoms with van der Waals surface area (Å²) in [6.45, 7) is 14.8. The zero-order valence-corrected chi connectivity index (χ0v) is 20.5. The molecule has 3 aliphatic rings. The maximum Gasteiger partial charge on any atom is 0.0837 e. The highest BCUT2D eigenvalue weighted by Crippen LogP contribution is 2.60. The van der Waals surface area contributed by atoms with Gasteiger partial charge >= 0.3 is 0 Å². The third kappa shape index (κ3) is 5.37. The van der Waals surface area contributed by atoms with Crippen LogP contribution in [-0.4, -0.2) is 33.1 Å². The van der Waals surface area contributed by atoms with Crippen LogP contribution in [-0.2, 0) is 0 Å². The molecule has 0 radical (unpaired) electrons. The second-order valence-electron chi connectivity index (χ2n) is 11.8. The van der Waals surface area contributed by atoms with Gasteiger partial charge in [0.1, 0.15) is 0 Å². The molecule has 0 saturated heterocycles. The van der Waals surface area contributed by atoms with Gasteiger partial charge in [-0.05, 0) is 93.1 Å². The highest BCUT2D eigenvalue weighted by Gasteiger charge is 2.50. The Hall–Kier alpha value is -0.900. The predicted molar refractivity (Wildman–Crippen MR) is 129 cm³/mol. The summed E-state index contributed by atoms with van der Waals surface area (Å²) in [6.07, 6.45) is 13.4. The zero-order chi connectivity index (χ0) is 23.0. The van der Waals surface area contributed by atoms with Crippen molar-refractivity contribution in [3.8, 4) is 0 Å². The molecule has 0 spiro atoms. The molecule has 3 heteroatoms. The Kier molecular flexibility index (Phi) is 7.61. The third-order valence-electron chi connectivity index (χ3n) is 8.97. The van der Waals surface area contributed by atoms with Crippen molar-refractivity contribution in [1.82, 2.24) is 0 Å². The topological polar surface area (TPSA) is 60.7 Å². The Morgan fingerprint density at radius 2 is 1.94 bits per heavy atom. The Morgan fingerprint density at radius 3 is 2.61 bits per heavy atom. The van der Waals surface area contributed by atoms with E-state index in [1.807, 2.05) is 20.8 Å². The highest BCUT2D eigenvalue weighted by molar-refractivity contribution is 5.39. The Bertz CT molecular complexity index is 712. The molecule has 3 unspecified atom stereocenters. The van der Waals surface area contributed by atoms with Crippen LogP contribution >= 0.6 is 0 Å². The predicted octanol–water partition coefficient (Wildman–Crippen LogP) is 5.95. The first-order valence-corrected chi connectivity index (χ1v) is 12.6. The molecule has 3 rings (SSSR count). The van der Waals surface area contributed by atoms with Crippen molar-refractivity contribution in [2.75, 3.05) is 0 Å². The summed E-state index contributed by atoms with van der Waals surface area (Å²) in [7, 11) is 0. The van der Waals surface area contributed by atoms with E-state index in [4.69, 9.17) is 0 Å². The number of rotatable bonds is 6. The molecule has 0 aromatic carbocycles.